The van der Waals surface area contributed by atoms with Gasteiger partial charge in [-0.2, -0.15) is 5.26 Å². The van der Waals surface area contributed by atoms with Gasteiger partial charge in [0, 0.05) is 12.8 Å². The van der Waals surface area contributed by atoms with Crippen LogP contribution in [0.3, 0.4) is 0 Å². The number of amidine groups is 1. The average Bonchev–Trinajstić information content (AvgIpc) is 3.23. The van der Waals surface area contributed by atoms with E-state index in [0.717, 1.165) is 12.0 Å². The van der Waals surface area contributed by atoms with Crippen molar-refractivity contribution in [1.29, 1.82) is 10.7 Å². The summed E-state index contributed by atoms with van der Waals surface area (Å²) in [5.74, 6) is -0.758. The summed E-state index contributed by atoms with van der Waals surface area (Å²) in [5, 5.41) is 33.2. The first kappa shape index (κ1) is 28.5. The molecule has 0 aliphatic heterocycles. The van der Waals surface area contributed by atoms with Crippen molar-refractivity contribution in [3.8, 4) is 11.8 Å². The van der Waals surface area contributed by atoms with E-state index < -0.39 is 11.4 Å². The Morgan fingerprint density at radius 2 is 2.00 bits per heavy atom. The molecule has 1 aromatic carbocycles. The number of nitrogens with one attached hydrogen (secondary N) is 2. The zero-order valence-electron chi connectivity index (χ0n) is 18.6. The number of aromatic amines is 1. The number of rotatable bonds is 11. The summed E-state index contributed by atoms with van der Waals surface area (Å²) in [5.41, 5.74) is 6.11. The summed E-state index contributed by atoms with van der Waals surface area (Å²) in [4.78, 5) is 6.83. The molecule has 33 heavy (non-hydrogen) atoms. The van der Waals surface area contributed by atoms with Crippen LogP contribution in [-0.2, 0) is 15.7 Å². The quantitative estimate of drug-likeness (QED) is 0.104. The third kappa shape index (κ3) is 11.3. The molecule has 10 nitrogen and oxygen atoms in total. The maximum absolute atomic E-state index is 9.59. The van der Waals surface area contributed by atoms with Crippen LogP contribution in [0.1, 0.15) is 31.7 Å². The highest BCUT2D eigenvalue weighted by molar-refractivity contribution is 7.26. The number of aliphatic hydroxyl groups is 2. The molecule has 1 heterocycles. The van der Waals surface area contributed by atoms with E-state index in [1.54, 1.807) is 24.3 Å². The van der Waals surface area contributed by atoms with Crippen LogP contribution in [0.25, 0.3) is 0 Å². The van der Waals surface area contributed by atoms with Gasteiger partial charge in [-0.25, -0.2) is 4.99 Å². The normalized spacial score (nSPS) is 13.7. The number of benzene rings is 1. The lowest BCUT2D eigenvalue weighted by Gasteiger charge is -2.24. The Morgan fingerprint density at radius 3 is 2.58 bits per heavy atom. The Kier molecular flexibility index (Phi) is 12.0. The topological polar surface area (TPSA) is 170 Å². The Balaban J connectivity index is 0.000000981. The van der Waals surface area contributed by atoms with Crippen LogP contribution >= 0.6 is 20.6 Å². The van der Waals surface area contributed by atoms with Gasteiger partial charge in [-0.15, -0.1) is 0 Å². The van der Waals surface area contributed by atoms with Crippen LogP contribution < -0.4 is 10.3 Å². The molecule has 0 aliphatic rings. The Morgan fingerprint density at radius 1 is 1.33 bits per heavy atom. The Bertz CT molecular complexity index is 951. The van der Waals surface area contributed by atoms with Crippen molar-refractivity contribution in [2.45, 2.75) is 38.1 Å². The number of H-pyrrole nitrogens is 1. The Hall–Kier alpha value is -2.51. The fourth-order valence-electron chi connectivity index (χ4n) is 2.33. The maximum Gasteiger partial charge on any atom is 0.215 e. The zero-order valence-corrected chi connectivity index (χ0v) is 20.4. The minimum atomic E-state index is -1.50. The smallest absolute Gasteiger partial charge is 0.215 e. The number of aliphatic imine (C=N–C) groups is 1. The fourth-order valence-corrected chi connectivity index (χ4v) is 3.18. The number of nitrogens with zero attached hydrogens (tertiary/aromatic N) is 2. The van der Waals surface area contributed by atoms with E-state index >= 15 is 0 Å². The molecule has 0 saturated heterocycles. The molecule has 180 valence electrons. The molecule has 2 rings (SSSR count). The minimum absolute atomic E-state index is 0.0495. The van der Waals surface area contributed by atoms with Crippen molar-refractivity contribution in [3.63, 3.8) is 0 Å². The van der Waals surface area contributed by atoms with Crippen molar-refractivity contribution in [3.05, 3.63) is 52.8 Å². The highest BCUT2D eigenvalue weighted by Gasteiger charge is 2.30. The molecule has 0 bridgehead atoms. The number of aryl methyl sites for hydroxylation is 1. The van der Waals surface area contributed by atoms with E-state index in [2.05, 4.69) is 16.0 Å². The van der Waals surface area contributed by atoms with Gasteiger partial charge in [0.05, 0.1) is 17.3 Å². The van der Waals surface area contributed by atoms with Crippen molar-refractivity contribution < 1.29 is 24.0 Å². The van der Waals surface area contributed by atoms with E-state index in [0.29, 0.717) is 29.3 Å². The minimum Gasteiger partial charge on any atom is -0.448 e. The average molecular weight is 498 g/mol. The van der Waals surface area contributed by atoms with E-state index in [1.807, 2.05) is 12.1 Å². The summed E-state index contributed by atoms with van der Waals surface area (Å²) in [6, 6.07) is 12.9. The number of nitriles is 1. The molecule has 2 atom stereocenters. The molecule has 0 fully saturated rings. The van der Waals surface area contributed by atoms with Gasteiger partial charge in [0.1, 0.15) is 24.0 Å². The predicted octanol–water partition coefficient (Wildman–Crippen LogP) is 3.13. The van der Waals surface area contributed by atoms with Crippen molar-refractivity contribution >= 4 is 32.8 Å². The van der Waals surface area contributed by atoms with Gasteiger partial charge in [0.15, 0.2) is 11.4 Å². The number of hydrogen-bond donors (Lipinski definition) is 5. The first-order chi connectivity index (χ1) is 15.5. The largest absolute Gasteiger partial charge is 0.448 e. The van der Waals surface area contributed by atoms with Crippen LogP contribution in [0.4, 0.5) is 0 Å². The van der Waals surface area contributed by atoms with E-state index in [9.17, 15) is 5.26 Å². The van der Waals surface area contributed by atoms with Gasteiger partial charge in [-0.05, 0) is 51.0 Å². The molecule has 0 aliphatic carbocycles. The molecule has 12 heteroatoms. The standard InChI is InChI=1S/C18H21ClN5O3P.C3H8O2/c1-25-18(10-20,11-26-28-27-16-5-3-2-4-14(16)19)9-8-13-6-7-15(24-13)17(22)23-12-21;1-3(2,4)5/h2-7,12,24,28H,8-9,11H2,1H3,(H3,21,22,23);4-5H,1-2H3. The number of para-hydroxylation sites is 1. The fraction of sp³-hybridized carbons (Fsp3) is 0.381. The van der Waals surface area contributed by atoms with Gasteiger partial charge >= 0.3 is 0 Å². The second kappa shape index (κ2) is 13.9. The van der Waals surface area contributed by atoms with Crippen molar-refractivity contribution in [2.75, 3.05) is 13.7 Å². The molecule has 0 amide bonds. The van der Waals surface area contributed by atoms with Gasteiger partial charge in [0.25, 0.3) is 0 Å². The summed E-state index contributed by atoms with van der Waals surface area (Å²) in [7, 11) is 1.15. The molecule has 1 aromatic heterocycles. The van der Waals surface area contributed by atoms with Crippen LogP contribution in [0, 0.1) is 16.7 Å². The SMILES string of the molecule is CC(C)(O)O.COC(C#N)(CCc1ccc(C(N)=NC=N)[nH]1)COPOc1ccccc1Cl. The highest BCUT2D eigenvalue weighted by atomic mass is 35.5. The second-order valence-corrected chi connectivity index (χ2v) is 8.32. The van der Waals surface area contributed by atoms with Gasteiger partial charge < -0.3 is 34.7 Å². The van der Waals surface area contributed by atoms with Gasteiger partial charge in [-0.3, -0.25) is 5.41 Å². The Labute approximate surface area is 199 Å². The van der Waals surface area contributed by atoms with E-state index in [-0.39, 0.29) is 21.5 Å². The number of methoxy groups -OCH3 is 1. The molecule has 0 saturated carbocycles. The van der Waals surface area contributed by atoms with Crippen LogP contribution in [0.5, 0.6) is 5.75 Å². The molecule has 6 N–H and O–H groups in total. The van der Waals surface area contributed by atoms with Crippen LogP contribution in [-0.4, -0.2) is 52.5 Å². The lowest BCUT2D eigenvalue weighted by Crippen LogP contribution is -2.35. The highest BCUT2D eigenvalue weighted by Crippen LogP contribution is 2.30. The number of hydrogen-bond acceptors (Lipinski definition) is 7. The first-order valence-corrected chi connectivity index (χ1v) is 10.9. The molecule has 0 spiro atoms. The monoisotopic (exact) mass is 497 g/mol. The first-order valence-electron chi connectivity index (χ1n) is 9.73. The number of halogens is 1. The number of ether oxygens (including phenoxy) is 1. The summed E-state index contributed by atoms with van der Waals surface area (Å²) >= 11 is 6.02. The molecule has 2 aromatic rings. The number of nitrogens with two attached hydrogens (primary N) is 1. The number of aromatic nitrogens is 1. The zero-order chi connectivity index (χ0) is 24.9. The van der Waals surface area contributed by atoms with Crippen molar-refractivity contribution in [1.82, 2.24) is 4.98 Å². The molecule has 2 unspecified atom stereocenters. The summed E-state index contributed by atoms with van der Waals surface area (Å²) in [6.07, 6.45) is 1.82. The lowest BCUT2D eigenvalue weighted by atomic mass is 9.99. The lowest BCUT2D eigenvalue weighted by molar-refractivity contribution is -0.127. The third-order valence-electron chi connectivity index (χ3n) is 3.97. The third-order valence-corrected chi connectivity index (χ3v) is 4.85. The molecular weight excluding hydrogens is 469 g/mol. The van der Waals surface area contributed by atoms with E-state index in [4.69, 9.17) is 46.7 Å². The summed E-state index contributed by atoms with van der Waals surface area (Å²) < 4.78 is 16.4. The maximum atomic E-state index is 9.59. The van der Waals surface area contributed by atoms with Gasteiger partial charge in [0.2, 0.25) is 9.03 Å². The second-order valence-electron chi connectivity index (χ2n) is 7.25. The van der Waals surface area contributed by atoms with Crippen LogP contribution in [0.15, 0.2) is 41.4 Å². The van der Waals surface area contributed by atoms with Crippen LogP contribution in [0.2, 0.25) is 5.02 Å². The molecular formula is C21H29ClN5O5P. The predicted molar refractivity (Wildman–Crippen MR) is 129 cm³/mol. The van der Waals surface area contributed by atoms with E-state index in [1.165, 1.54) is 21.0 Å². The summed E-state index contributed by atoms with van der Waals surface area (Å²) in [6.45, 7) is 2.65. The van der Waals surface area contributed by atoms with Gasteiger partial charge in [-0.1, -0.05) is 23.7 Å². The molecule has 0 radical (unpaired) electrons. The van der Waals surface area contributed by atoms with Crippen molar-refractivity contribution in [2.24, 2.45) is 10.7 Å².